The third-order valence-corrected chi connectivity index (χ3v) is 4.84. The fourth-order valence-corrected chi connectivity index (χ4v) is 3.30. The summed E-state index contributed by atoms with van der Waals surface area (Å²) >= 11 is 0. The zero-order valence-electron chi connectivity index (χ0n) is 12.6. The number of nitrogens with one attached hydrogen (secondary N) is 3. The summed E-state index contributed by atoms with van der Waals surface area (Å²) in [5.41, 5.74) is 0.853. The Bertz CT molecular complexity index is 543. The monoisotopic (exact) mass is 316 g/mol. The number of sulfonamides is 1. The molecule has 0 aliphatic carbocycles. The van der Waals surface area contributed by atoms with Gasteiger partial charge in [0.15, 0.2) is 0 Å². The van der Waals surface area contributed by atoms with Gasteiger partial charge in [0.1, 0.15) is 0 Å². The van der Waals surface area contributed by atoms with E-state index in [1.807, 2.05) is 14.0 Å². The number of rotatable bonds is 7. The van der Waals surface area contributed by atoms with Crippen molar-refractivity contribution in [1.29, 1.82) is 0 Å². The van der Waals surface area contributed by atoms with E-state index in [9.17, 15) is 8.42 Å². The standard InChI is InChI=1S/C13H24N4O3S/c1-3-14-7-11-6-13(9-15-11)21(18,19)16-8-12-10-17(2)4-5-20-12/h6,9,12,14-16H,3-5,7-8,10H2,1-2H3. The fraction of sp³-hybridized carbons (Fsp3) is 0.692. The molecule has 0 aromatic carbocycles. The summed E-state index contributed by atoms with van der Waals surface area (Å²) in [4.78, 5) is 5.37. The van der Waals surface area contributed by atoms with Gasteiger partial charge in [0.05, 0.1) is 17.6 Å². The minimum atomic E-state index is -3.49. The SMILES string of the molecule is CCNCc1cc(S(=O)(=O)NCC2CN(C)CCO2)c[nH]1. The number of H-pyrrole nitrogens is 1. The third-order valence-electron chi connectivity index (χ3n) is 3.43. The molecule has 0 saturated carbocycles. The van der Waals surface area contributed by atoms with Gasteiger partial charge in [0, 0.05) is 38.1 Å². The first kappa shape index (κ1) is 16.4. The molecule has 3 N–H and O–H groups in total. The summed E-state index contributed by atoms with van der Waals surface area (Å²) in [6.07, 6.45) is 1.42. The second-order valence-electron chi connectivity index (χ2n) is 5.25. The van der Waals surface area contributed by atoms with Gasteiger partial charge in [-0.25, -0.2) is 13.1 Å². The van der Waals surface area contributed by atoms with Gasteiger partial charge in [-0.05, 0) is 19.7 Å². The predicted octanol–water partition coefficient (Wildman–Crippen LogP) is -0.267. The van der Waals surface area contributed by atoms with Gasteiger partial charge in [-0.2, -0.15) is 0 Å². The summed E-state index contributed by atoms with van der Waals surface area (Å²) < 4.78 is 32.6. The first-order valence-corrected chi connectivity index (χ1v) is 8.67. The van der Waals surface area contributed by atoms with Crippen molar-refractivity contribution < 1.29 is 13.2 Å². The molecule has 0 bridgehead atoms. The molecule has 1 fully saturated rings. The Morgan fingerprint density at radius 1 is 1.52 bits per heavy atom. The highest BCUT2D eigenvalue weighted by molar-refractivity contribution is 7.89. The van der Waals surface area contributed by atoms with Crippen molar-refractivity contribution in [1.82, 2.24) is 19.9 Å². The molecule has 0 radical (unpaired) electrons. The molecule has 1 aliphatic heterocycles. The van der Waals surface area contributed by atoms with Crippen LogP contribution >= 0.6 is 0 Å². The maximum Gasteiger partial charge on any atom is 0.242 e. The first-order chi connectivity index (χ1) is 10.0. The van der Waals surface area contributed by atoms with E-state index >= 15 is 0 Å². The van der Waals surface area contributed by atoms with Crippen LogP contribution < -0.4 is 10.0 Å². The average Bonchev–Trinajstić information content (AvgIpc) is 2.93. The van der Waals surface area contributed by atoms with Crippen LogP contribution in [-0.4, -0.2) is 64.2 Å². The van der Waals surface area contributed by atoms with E-state index < -0.39 is 10.0 Å². The number of likely N-dealkylation sites (N-methyl/N-ethyl adjacent to an activating group) is 1. The number of nitrogens with zero attached hydrogens (tertiary/aromatic N) is 1. The predicted molar refractivity (Wildman–Crippen MR) is 80.6 cm³/mol. The van der Waals surface area contributed by atoms with Gasteiger partial charge >= 0.3 is 0 Å². The smallest absolute Gasteiger partial charge is 0.242 e. The molecule has 2 heterocycles. The van der Waals surface area contributed by atoms with E-state index in [1.54, 1.807) is 6.07 Å². The number of morpholine rings is 1. The van der Waals surface area contributed by atoms with E-state index in [1.165, 1.54) is 6.20 Å². The lowest BCUT2D eigenvalue weighted by Gasteiger charge is -2.29. The molecular formula is C13H24N4O3S. The quantitative estimate of drug-likeness (QED) is 0.645. The first-order valence-electron chi connectivity index (χ1n) is 7.19. The summed E-state index contributed by atoms with van der Waals surface area (Å²) in [5.74, 6) is 0. The van der Waals surface area contributed by atoms with Crippen molar-refractivity contribution in [3.8, 4) is 0 Å². The van der Waals surface area contributed by atoms with Crippen LogP contribution in [0.25, 0.3) is 0 Å². The molecule has 1 atom stereocenters. The molecule has 0 spiro atoms. The lowest BCUT2D eigenvalue weighted by atomic mass is 10.3. The third kappa shape index (κ3) is 4.79. The highest BCUT2D eigenvalue weighted by Gasteiger charge is 2.22. The molecule has 0 amide bonds. The van der Waals surface area contributed by atoms with Crippen molar-refractivity contribution in [2.75, 3.05) is 39.8 Å². The minimum Gasteiger partial charge on any atom is -0.374 e. The minimum absolute atomic E-state index is 0.0984. The summed E-state index contributed by atoms with van der Waals surface area (Å²) in [7, 11) is -1.49. The molecule has 21 heavy (non-hydrogen) atoms. The van der Waals surface area contributed by atoms with Gasteiger partial charge in [0.25, 0.3) is 0 Å². The average molecular weight is 316 g/mol. The van der Waals surface area contributed by atoms with Crippen LogP contribution in [0.2, 0.25) is 0 Å². The second-order valence-corrected chi connectivity index (χ2v) is 7.01. The normalized spacial score (nSPS) is 20.8. The van der Waals surface area contributed by atoms with Gasteiger partial charge in [0.2, 0.25) is 10.0 Å². The van der Waals surface area contributed by atoms with Crippen molar-refractivity contribution in [3.05, 3.63) is 18.0 Å². The molecule has 1 saturated heterocycles. The van der Waals surface area contributed by atoms with Crippen LogP contribution in [-0.2, 0) is 21.3 Å². The van der Waals surface area contributed by atoms with Crippen molar-refractivity contribution in [2.24, 2.45) is 0 Å². The number of hydrogen-bond acceptors (Lipinski definition) is 5. The molecule has 8 heteroatoms. The Morgan fingerprint density at radius 3 is 3.05 bits per heavy atom. The van der Waals surface area contributed by atoms with Gasteiger partial charge in [-0.15, -0.1) is 0 Å². The van der Waals surface area contributed by atoms with Gasteiger partial charge in [-0.1, -0.05) is 6.92 Å². The molecule has 2 rings (SSSR count). The van der Waals surface area contributed by atoms with E-state index in [0.717, 1.165) is 25.3 Å². The Labute approximate surface area is 126 Å². The highest BCUT2D eigenvalue weighted by Crippen LogP contribution is 2.11. The van der Waals surface area contributed by atoms with Gasteiger partial charge < -0.3 is 19.9 Å². The fourth-order valence-electron chi connectivity index (χ4n) is 2.21. The lowest BCUT2D eigenvalue weighted by molar-refractivity contribution is -0.0156. The maximum atomic E-state index is 12.2. The van der Waals surface area contributed by atoms with Crippen LogP contribution in [0.4, 0.5) is 0 Å². The van der Waals surface area contributed by atoms with E-state index in [4.69, 9.17) is 4.74 Å². The summed E-state index contributed by atoms with van der Waals surface area (Å²) in [5, 5.41) is 3.15. The molecule has 7 nitrogen and oxygen atoms in total. The number of ether oxygens (including phenoxy) is 1. The second kappa shape index (κ2) is 7.37. The molecule has 1 aliphatic rings. The largest absolute Gasteiger partial charge is 0.374 e. The van der Waals surface area contributed by atoms with Crippen LogP contribution in [0.15, 0.2) is 17.2 Å². The topological polar surface area (TPSA) is 86.5 Å². The van der Waals surface area contributed by atoms with Crippen molar-refractivity contribution in [2.45, 2.75) is 24.5 Å². The molecule has 120 valence electrons. The Morgan fingerprint density at radius 2 is 2.33 bits per heavy atom. The highest BCUT2D eigenvalue weighted by atomic mass is 32.2. The summed E-state index contributed by atoms with van der Waals surface area (Å²) in [6.45, 7) is 6.02. The Kier molecular flexibility index (Phi) is 5.77. The van der Waals surface area contributed by atoms with E-state index in [2.05, 4.69) is 19.9 Å². The number of aromatic amines is 1. The van der Waals surface area contributed by atoms with E-state index in [0.29, 0.717) is 19.7 Å². The number of aromatic nitrogens is 1. The maximum absolute atomic E-state index is 12.2. The molecular weight excluding hydrogens is 292 g/mol. The van der Waals surface area contributed by atoms with Crippen LogP contribution in [0.3, 0.4) is 0 Å². The van der Waals surface area contributed by atoms with Crippen molar-refractivity contribution >= 4 is 10.0 Å². The zero-order chi connectivity index (χ0) is 15.3. The van der Waals surface area contributed by atoms with Crippen LogP contribution in [0, 0.1) is 0 Å². The lowest BCUT2D eigenvalue weighted by Crippen LogP contribution is -2.45. The number of hydrogen-bond donors (Lipinski definition) is 3. The summed E-state index contributed by atoms with van der Waals surface area (Å²) in [6, 6.07) is 1.65. The van der Waals surface area contributed by atoms with E-state index in [-0.39, 0.29) is 11.0 Å². The van der Waals surface area contributed by atoms with Crippen molar-refractivity contribution in [3.63, 3.8) is 0 Å². The zero-order valence-corrected chi connectivity index (χ0v) is 13.4. The van der Waals surface area contributed by atoms with Crippen LogP contribution in [0.1, 0.15) is 12.6 Å². The van der Waals surface area contributed by atoms with Crippen LogP contribution in [0.5, 0.6) is 0 Å². The Balaban J connectivity index is 1.90. The molecule has 1 aromatic heterocycles. The molecule has 1 unspecified atom stereocenters. The molecule has 1 aromatic rings. The Hall–Kier alpha value is -0.930. The van der Waals surface area contributed by atoms with Gasteiger partial charge in [-0.3, -0.25) is 0 Å².